The summed E-state index contributed by atoms with van der Waals surface area (Å²) in [6.07, 6.45) is 0. The first kappa shape index (κ1) is 21.0. The second kappa shape index (κ2) is 6.81. The third-order valence-corrected chi connectivity index (χ3v) is 9.09. The molecule has 0 amide bonds. The van der Waals surface area contributed by atoms with Crippen LogP contribution in [-0.2, 0) is 10.8 Å². The highest BCUT2D eigenvalue weighted by Gasteiger charge is 2.42. The second-order valence-corrected chi connectivity index (χ2v) is 11.8. The van der Waals surface area contributed by atoms with Crippen molar-refractivity contribution in [3.8, 4) is 56.0 Å². The fraction of sp³-hybridized carbons (Fsp3) is 0.167. The smallest absolute Gasteiger partial charge is 0.135 e. The van der Waals surface area contributed by atoms with E-state index in [9.17, 15) is 0 Å². The molecule has 3 aliphatic rings. The summed E-state index contributed by atoms with van der Waals surface area (Å²) in [6, 6.07) is 35.7. The van der Waals surface area contributed by atoms with Gasteiger partial charge < -0.3 is 4.74 Å². The van der Waals surface area contributed by atoms with Crippen LogP contribution in [-0.4, -0.2) is 0 Å². The molecule has 1 aliphatic heterocycles. The summed E-state index contributed by atoms with van der Waals surface area (Å²) in [4.78, 5) is 0. The van der Waals surface area contributed by atoms with Crippen molar-refractivity contribution < 1.29 is 4.74 Å². The average Bonchev–Trinajstić information content (AvgIpc) is 3.19. The predicted octanol–water partition coefficient (Wildman–Crippen LogP) is 9.74. The maximum absolute atomic E-state index is 6.66. The number of ether oxygens (including phenoxy) is 1. The van der Waals surface area contributed by atoms with Crippen LogP contribution in [0.1, 0.15) is 49.9 Å². The molecule has 1 heterocycles. The van der Waals surface area contributed by atoms with Gasteiger partial charge in [-0.05, 0) is 86.0 Å². The maximum Gasteiger partial charge on any atom is 0.135 e. The van der Waals surface area contributed by atoms with Gasteiger partial charge in [-0.25, -0.2) is 0 Å². The summed E-state index contributed by atoms with van der Waals surface area (Å²) >= 11 is 0. The summed E-state index contributed by atoms with van der Waals surface area (Å²) < 4.78 is 6.66. The van der Waals surface area contributed by atoms with Crippen LogP contribution >= 0.6 is 0 Å². The number of hydrogen-bond acceptors (Lipinski definition) is 1. The van der Waals surface area contributed by atoms with Crippen molar-refractivity contribution in [1.29, 1.82) is 0 Å². The molecule has 8 rings (SSSR count). The van der Waals surface area contributed by atoms with E-state index in [0.717, 1.165) is 22.6 Å². The predicted molar refractivity (Wildman–Crippen MR) is 153 cm³/mol. The van der Waals surface area contributed by atoms with Crippen LogP contribution in [0.25, 0.3) is 44.5 Å². The van der Waals surface area contributed by atoms with Gasteiger partial charge in [0, 0.05) is 22.0 Å². The molecular formula is C36H28O. The Balaban J connectivity index is 1.41. The second-order valence-electron chi connectivity index (χ2n) is 11.8. The molecule has 0 radical (unpaired) electrons. The van der Waals surface area contributed by atoms with Gasteiger partial charge in [-0.2, -0.15) is 0 Å². The molecule has 178 valence electrons. The van der Waals surface area contributed by atoms with E-state index in [1.54, 1.807) is 0 Å². The zero-order valence-corrected chi connectivity index (χ0v) is 21.6. The molecule has 5 aromatic rings. The molecule has 2 aliphatic carbocycles. The van der Waals surface area contributed by atoms with Crippen LogP contribution in [0.3, 0.4) is 0 Å². The molecule has 0 spiro atoms. The Bertz CT molecular complexity index is 1800. The topological polar surface area (TPSA) is 9.23 Å². The van der Waals surface area contributed by atoms with Crippen molar-refractivity contribution in [2.45, 2.75) is 38.5 Å². The highest BCUT2D eigenvalue weighted by Crippen LogP contribution is 2.58. The molecule has 0 saturated heterocycles. The van der Waals surface area contributed by atoms with E-state index in [4.69, 9.17) is 4.74 Å². The fourth-order valence-electron chi connectivity index (χ4n) is 7.10. The lowest BCUT2D eigenvalue weighted by Gasteiger charge is -2.24. The third kappa shape index (κ3) is 2.59. The highest BCUT2D eigenvalue weighted by atomic mass is 16.5. The molecule has 0 saturated carbocycles. The summed E-state index contributed by atoms with van der Waals surface area (Å²) in [5.41, 5.74) is 15.7. The molecule has 1 nitrogen and oxygen atoms in total. The first-order chi connectivity index (χ1) is 17.9. The Hall–Kier alpha value is -4.10. The van der Waals surface area contributed by atoms with E-state index in [1.165, 1.54) is 55.6 Å². The number of hydrogen-bond donors (Lipinski definition) is 0. The Labute approximate surface area is 218 Å². The van der Waals surface area contributed by atoms with Gasteiger partial charge in [0.2, 0.25) is 0 Å². The van der Waals surface area contributed by atoms with Gasteiger partial charge >= 0.3 is 0 Å². The van der Waals surface area contributed by atoms with E-state index in [0.29, 0.717) is 0 Å². The Morgan fingerprint density at radius 2 is 0.865 bits per heavy atom. The van der Waals surface area contributed by atoms with E-state index >= 15 is 0 Å². The van der Waals surface area contributed by atoms with Crippen molar-refractivity contribution in [1.82, 2.24) is 0 Å². The molecule has 0 fully saturated rings. The minimum atomic E-state index is -0.120. The minimum Gasteiger partial charge on any atom is -0.456 e. The van der Waals surface area contributed by atoms with Crippen molar-refractivity contribution >= 4 is 0 Å². The first-order valence-electron chi connectivity index (χ1n) is 13.2. The van der Waals surface area contributed by atoms with Gasteiger partial charge in [0.25, 0.3) is 0 Å². The third-order valence-electron chi connectivity index (χ3n) is 9.09. The van der Waals surface area contributed by atoms with Crippen LogP contribution in [0.2, 0.25) is 0 Å². The van der Waals surface area contributed by atoms with Gasteiger partial charge in [-0.3, -0.25) is 0 Å². The molecule has 5 aromatic carbocycles. The minimum absolute atomic E-state index is 0.0170. The SMILES string of the molecule is CC1(C)c2ccccc2-c2cc3c(cc21)-c1cc2c(cc1C3(C)C)Oc1ccccc1-c1ccccc1-2. The number of para-hydroxylation sites is 1. The van der Waals surface area contributed by atoms with Gasteiger partial charge in [-0.1, -0.05) is 94.4 Å². The van der Waals surface area contributed by atoms with Gasteiger partial charge in [-0.15, -0.1) is 0 Å². The lowest BCUT2D eigenvalue weighted by molar-refractivity contribution is 0.485. The van der Waals surface area contributed by atoms with Crippen molar-refractivity contribution in [3.63, 3.8) is 0 Å². The molecule has 0 atom stereocenters. The lowest BCUT2D eigenvalue weighted by Crippen LogP contribution is -2.17. The molecule has 0 aromatic heterocycles. The summed E-state index contributed by atoms with van der Waals surface area (Å²) in [7, 11) is 0. The first-order valence-corrected chi connectivity index (χ1v) is 13.2. The van der Waals surface area contributed by atoms with Crippen LogP contribution in [0.5, 0.6) is 11.5 Å². The van der Waals surface area contributed by atoms with Gasteiger partial charge in [0.1, 0.15) is 11.5 Å². The molecule has 0 unspecified atom stereocenters. The molecule has 0 N–H and O–H groups in total. The standard InChI is InChI=1S/C36H28O/c1-35(2)29-15-9-7-13-23(29)26-18-31-27(19-30(26)35)25-17-28-22-12-6-5-11-21(22)24-14-8-10-16-33(24)37-34(28)20-32(25)36(31,3)4/h5-20H,1-4H3. The average molecular weight is 477 g/mol. The van der Waals surface area contributed by atoms with Crippen molar-refractivity contribution in [3.05, 3.63) is 119 Å². The van der Waals surface area contributed by atoms with Crippen molar-refractivity contribution in [2.24, 2.45) is 0 Å². The largest absolute Gasteiger partial charge is 0.456 e. The van der Waals surface area contributed by atoms with E-state index in [1.807, 2.05) is 0 Å². The normalized spacial score (nSPS) is 16.2. The number of benzene rings is 5. The summed E-state index contributed by atoms with van der Waals surface area (Å²) in [6.45, 7) is 9.45. The quantitative estimate of drug-likeness (QED) is 0.212. The summed E-state index contributed by atoms with van der Waals surface area (Å²) in [5, 5.41) is 0. The van der Waals surface area contributed by atoms with E-state index in [2.05, 4.69) is 125 Å². The number of fused-ring (bicyclic) bond motifs is 11. The Kier molecular flexibility index (Phi) is 3.87. The molecule has 37 heavy (non-hydrogen) atoms. The van der Waals surface area contributed by atoms with Crippen LogP contribution in [0.15, 0.2) is 97.1 Å². The van der Waals surface area contributed by atoms with Crippen molar-refractivity contribution in [2.75, 3.05) is 0 Å². The van der Waals surface area contributed by atoms with Gasteiger partial charge in [0.05, 0.1) is 0 Å². The maximum atomic E-state index is 6.66. The Morgan fingerprint density at radius 1 is 0.378 bits per heavy atom. The fourth-order valence-corrected chi connectivity index (χ4v) is 7.10. The van der Waals surface area contributed by atoms with Gasteiger partial charge in [0.15, 0.2) is 0 Å². The monoisotopic (exact) mass is 476 g/mol. The van der Waals surface area contributed by atoms with Crippen LogP contribution < -0.4 is 4.74 Å². The molecule has 1 heteroatoms. The zero-order valence-electron chi connectivity index (χ0n) is 21.6. The zero-order chi connectivity index (χ0) is 25.1. The van der Waals surface area contributed by atoms with Crippen LogP contribution in [0.4, 0.5) is 0 Å². The molecule has 0 bridgehead atoms. The van der Waals surface area contributed by atoms with E-state index in [-0.39, 0.29) is 10.8 Å². The van der Waals surface area contributed by atoms with E-state index < -0.39 is 0 Å². The number of rotatable bonds is 0. The Morgan fingerprint density at radius 3 is 1.59 bits per heavy atom. The molecular weight excluding hydrogens is 448 g/mol. The highest BCUT2D eigenvalue weighted by molar-refractivity contribution is 5.96. The van der Waals surface area contributed by atoms with Crippen LogP contribution in [0, 0.1) is 0 Å². The lowest BCUT2D eigenvalue weighted by atomic mass is 9.79. The summed E-state index contributed by atoms with van der Waals surface area (Å²) in [5.74, 6) is 1.86.